The van der Waals surface area contributed by atoms with Crippen LogP contribution in [-0.2, 0) is 0 Å². The highest BCUT2D eigenvalue weighted by atomic mass is 16.5. The zero-order valence-corrected chi connectivity index (χ0v) is 16.0. The second kappa shape index (κ2) is 6.67. The van der Waals surface area contributed by atoms with Gasteiger partial charge in [0.2, 0.25) is 0 Å². The molecule has 0 radical (unpaired) electrons. The number of hydrogen-bond acceptors (Lipinski definition) is 4. The van der Waals surface area contributed by atoms with E-state index in [1.54, 1.807) is 7.11 Å². The van der Waals surface area contributed by atoms with Gasteiger partial charge in [-0.05, 0) is 37.9 Å². The Morgan fingerprint density at radius 1 is 1.11 bits per heavy atom. The molecule has 0 spiro atoms. The first-order valence-electron chi connectivity index (χ1n) is 9.88. The standard InChI is InChI=1S/C23H24N2O3/c1-27-19-8-3-2-5-15(19)16-6-4-7-17-20(22(23(24)26)28-21(16)17)18-13-25-11-9-14(18)10-12-25/h2-8,14,18H,9-13H2,1H3,(H2,24,26)/t18-/m1/s1. The third kappa shape index (κ3) is 2.61. The van der Waals surface area contributed by atoms with Crippen LogP contribution >= 0.6 is 0 Å². The van der Waals surface area contributed by atoms with E-state index in [-0.39, 0.29) is 0 Å². The van der Waals surface area contributed by atoms with Crippen LogP contribution in [0, 0.1) is 5.92 Å². The SMILES string of the molecule is COc1ccccc1-c1cccc2c([C@@H]3CN4CCC3CC4)c(C(N)=O)oc12. The predicted octanol–water partition coefficient (Wildman–Crippen LogP) is 4.02. The van der Waals surface area contributed by atoms with Crippen molar-refractivity contribution in [3.8, 4) is 16.9 Å². The fourth-order valence-corrected chi connectivity index (χ4v) is 5.06. The number of ether oxygens (including phenoxy) is 1. The number of para-hydroxylation sites is 2. The van der Waals surface area contributed by atoms with E-state index in [9.17, 15) is 4.79 Å². The van der Waals surface area contributed by atoms with Crippen LogP contribution in [0.3, 0.4) is 0 Å². The van der Waals surface area contributed by atoms with E-state index < -0.39 is 5.91 Å². The number of nitrogens with zero attached hydrogens (tertiary/aromatic N) is 1. The molecule has 144 valence electrons. The van der Waals surface area contributed by atoms with Crippen molar-refractivity contribution in [2.24, 2.45) is 11.7 Å². The predicted molar refractivity (Wildman–Crippen MR) is 109 cm³/mol. The smallest absolute Gasteiger partial charge is 0.284 e. The summed E-state index contributed by atoms with van der Waals surface area (Å²) in [7, 11) is 1.66. The molecule has 5 heteroatoms. The van der Waals surface area contributed by atoms with Gasteiger partial charge in [-0.15, -0.1) is 0 Å². The maximum Gasteiger partial charge on any atom is 0.284 e. The minimum Gasteiger partial charge on any atom is -0.496 e. The number of rotatable bonds is 4. The van der Waals surface area contributed by atoms with Gasteiger partial charge in [-0.25, -0.2) is 0 Å². The summed E-state index contributed by atoms with van der Waals surface area (Å²) < 4.78 is 11.7. The van der Waals surface area contributed by atoms with Crippen LogP contribution in [0.1, 0.15) is 34.9 Å². The van der Waals surface area contributed by atoms with Gasteiger partial charge in [-0.2, -0.15) is 0 Å². The summed E-state index contributed by atoms with van der Waals surface area (Å²) in [6.45, 7) is 3.27. The minimum atomic E-state index is -0.492. The van der Waals surface area contributed by atoms with E-state index >= 15 is 0 Å². The summed E-state index contributed by atoms with van der Waals surface area (Å²) in [5.74, 6) is 1.47. The fraction of sp³-hybridized carbons (Fsp3) is 0.348. The molecular formula is C23H24N2O3. The van der Waals surface area contributed by atoms with Crippen molar-refractivity contribution in [2.45, 2.75) is 18.8 Å². The Hall–Kier alpha value is -2.79. The highest BCUT2D eigenvalue weighted by Gasteiger charge is 2.39. The summed E-state index contributed by atoms with van der Waals surface area (Å²) in [5, 5.41) is 0.996. The summed E-state index contributed by atoms with van der Waals surface area (Å²) in [6.07, 6.45) is 2.34. The number of carbonyl (C=O) groups excluding carboxylic acids is 1. The van der Waals surface area contributed by atoms with Gasteiger partial charge >= 0.3 is 0 Å². The van der Waals surface area contributed by atoms with Crippen molar-refractivity contribution in [1.82, 2.24) is 4.90 Å². The van der Waals surface area contributed by atoms with E-state index in [0.717, 1.165) is 47.5 Å². The van der Waals surface area contributed by atoms with Crippen LogP contribution in [-0.4, -0.2) is 37.6 Å². The first kappa shape index (κ1) is 17.3. The van der Waals surface area contributed by atoms with Crippen molar-refractivity contribution >= 4 is 16.9 Å². The zero-order valence-electron chi connectivity index (χ0n) is 16.0. The second-order valence-corrected chi connectivity index (χ2v) is 7.84. The molecule has 4 heterocycles. The number of amides is 1. The second-order valence-electron chi connectivity index (χ2n) is 7.84. The van der Waals surface area contributed by atoms with E-state index in [2.05, 4.69) is 11.0 Å². The van der Waals surface area contributed by atoms with Gasteiger partial charge in [-0.3, -0.25) is 4.79 Å². The zero-order chi connectivity index (χ0) is 19.3. The molecule has 1 atom stereocenters. The van der Waals surface area contributed by atoms with E-state index in [0.29, 0.717) is 23.2 Å². The van der Waals surface area contributed by atoms with E-state index in [1.807, 2.05) is 36.4 Å². The van der Waals surface area contributed by atoms with Crippen LogP contribution in [0.5, 0.6) is 5.75 Å². The topological polar surface area (TPSA) is 68.7 Å². The van der Waals surface area contributed by atoms with Crippen LogP contribution < -0.4 is 10.5 Å². The van der Waals surface area contributed by atoms with Crippen LogP contribution in [0.25, 0.3) is 22.1 Å². The van der Waals surface area contributed by atoms with Gasteiger partial charge < -0.3 is 19.8 Å². The normalized spacial score (nSPS) is 23.8. The van der Waals surface area contributed by atoms with Crippen LogP contribution in [0.15, 0.2) is 46.9 Å². The van der Waals surface area contributed by atoms with Crippen molar-refractivity contribution in [3.63, 3.8) is 0 Å². The molecule has 0 aliphatic carbocycles. The summed E-state index contributed by atoms with van der Waals surface area (Å²) >= 11 is 0. The maximum atomic E-state index is 12.3. The molecule has 2 aromatic carbocycles. The Morgan fingerprint density at radius 2 is 1.86 bits per heavy atom. The first-order valence-corrected chi connectivity index (χ1v) is 9.88. The molecule has 6 rings (SSSR count). The average Bonchev–Trinajstić information content (AvgIpc) is 3.14. The molecule has 28 heavy (non-hydrogen) atoms. The number of primary amides is 1. The lowest BCUT2D eigenvalue weighted by Crippen LogP contribution is -2.46. The lowest BCUT2D eigenvalue weighted by Gasteiger charge is -2.44. The molecule has 0 saturated carbocycles. The lowest BCUT2D eigenvalue weighted by atomic mass is 9.74. The summed E-state index contributed by atoms with van der Waals surface area (Å²) in [6, 6.07) is 13.9. The highest BCUT2D eigenvalue weighted by molar-refractivity contribution is 6.03. The van der Waals surface area contributed by atoms with E-state index in [1.165, 1.54) is 12.8 Å². The van der Waals surface area contributed by atoms with Gasteiger partial charge in [0.25, 0.3) is 5.91 Å². The number of benzene rings is 2. The van der Waals surface area contributed by atoms with Gasteiger partial charge in [0, 0.05) is 34.5 Å². The third-order valence-electron chi connectivity index (χ3n) is 6.40. The first-order chi connectivity index (χ1) is 13.7. The van der Waals surface area contributed by atoms with Gasteiger partial charge in [0.1, 0.15) is 11.3 Å². The van der Waals surface area contributed by atoms with Gasteiger partial charge in [-0.1, -0.05) is 36.4 Å². The van der Waals surface area contributed by atoms with Crippen molar-refractivity contribution in [2.75, 3.05) is 26.7 Å². The Kier molecular flexibility index (Phi) is 4.13. The van der Waals surface area contributed by atoms with Gasteiger partial charge in [0.15, 0.2) is 5.76 Å². The maximum absolute atomic E-state index is 12.3. The molecule has 2 bridgehead atoms. The molecule has 3 saturated heterocycles. The largest absolute Gasteiger partial charge is 0.496 e. The molecule has 2 N–H and O–H groups in total. The van der Waals surface area contributed by atoms with Crippen LogP contribution in [0.2, 0.25) is 0 Å². The van der Waals surface area contributed by atoms with Crippen LogP contribution in [0.4, 0.5) is 0 Å². The number of hydrogen-bond donors (Lipinski definition) is 1. The Morgan fingerprint density at radius 3 is 2.54 bits per heavy atom. The van der Waals surface area contributed by atoms with E-state index in [4.69, 9.17) is 14.9 Å². The lowest BCUT2D eigenvalue weighted by molar-refractivity contribution is 0.0849. The Bertz CT molecular complexity index is 1050. The number of nitrogens with two attached hydrogens (primary N) is 1. The molecule has 1 amide bonds. The van der Waals surface area contributed by atoms with Gasteiger partial charge in [0.05, 0.1) is 7.11 Å². The average molecular weight is 376 g/mol. The van der Waals surface area contributed by atoms with Crippen molar-refractivity contribution in [3.05, 3.63) is 53.8 Å². The Balaban J connectivity index is 1.73. The van der Waals surface area contributed by atoms with Crippen molar-refractivity contribution in [1.29, 1.82) is 0 Å². The molecule has 3 fully saturated rings. The Labute approximate surface area is 164 Å². The molecule has 3 aliphatic rings. The molecule has 1 aromatic heterocycles. The number of piperidine rings is 3. The molecule has 5 nitrogen and oxygen atoms in total. The molecular weight excluding hydrogens is 352 g/mol. The summed E-state index contributed by atoms with van der Waals surface area (Å²) in [4.78, 5) is 14.8. The quantitative estimate of drug-likeness (QED) is 0.747. The summed E-state index contributed by atoms with van der Waals surface area (Å²) in [5.41, 5.74) is 9.33. The number of methoxy groups -OCH3 is 1. The number of fused-ring (bicyclic) bond motifs is 4. The molecule has 3 aliphatic heterocycles. The highest BCUT2D eigenvalue weighted by Crippen LogP contribution is 2.46. The molecule has 3 aromatic rings. The third-order valence-corrected chi connectivity index (χ3v) is 6.40. The molecule has 0 unspecified atom stereocenters. The fourth-order valence-electron chi connectivity index (χ4n) is 5.06. The van der Waals surface area contributed by atoms with Crippen molar-refractivity contribution < 1.29 is 13.9 Å². The number of carbonyl (C=O) groups is 1. The minimum absolute atomic E-state index is 0.291. The number of furan rings is 1. The monoisotopic (exact) mass is 376 g/mol.